The van der Waals surface area contributed by atoms with Crippen molar-refractivity contribution < 1.29 is 18.1 Å². The van der Waals surface area contributed by atoms with Gasteiger partial charge in [-0.25, -0.2) is 0 Å². The number of aromatic nitrogens is 3. The molecule has 0 unspecified atom stereocenters. The molecule has 1 amide bonds. The second kappa shape index (κ2) is 7.69. The monoisotopic (exact) mass is 378 g/mol. The molecule has 0 bridgehead atoms. The zero-order chi connectivity index (χ0) is 18.7. The summed E-state index contributed by atoms with van der Waals surface area (Å²) in [5.74, 6) is -2.35. The smallest absolute Gasteiger partial charge is 0.288 e. The van der Waals surface area contributed by atoms with Crippen molar-refractivity contribution in [2.45, 2.75) is 31.0 Å². The maximum atomic E-state index is 12.6. The number of carbonyl (C=O) groups excluding carboxylic acids is 1. The largest absolute Gasteiger partial charge is 0.361 e. The molecule has 3 aromatic rings. The Kier molecular flexibility index (Phi) is 5.36. The van der Waals surface area contributed by atoms with E-state index in [9.17, 15) is 13.6 Å². The normalized spacial score (nSPS) is 11.1. The van der Waals surface area contributed by atoms with E-state index in [1.807, 2.05) is 13.8 Å². The van der Waals surface area contributed by atoms with E-state index >= 15 is 0 Å². The quantitative estimate of drug-likeness (QED) is 0.654. The van der Waals surface area contributed by atoms with Crippen molar-refractivity contribution >= 4 is 23.4 Å². The predicted octanol–water partition coefficient (Wildman–Crippen LogP) is 4.10. The Balaban J connectivity index is 1.72. The minimum atomic E-state index is -2.60. The average Bonchev–Trinajstić information content (AvgIpc) is 3.16. The SMILES string of the molecule is Cc1noc(C)c1Cn1cc(NC(=O)c2ccccc2SC(F)F)cn1. The number of alkyl halides is 2. The number of nitrogens with one attached hydrogen (secondary N) is 1. The third-order valence-corrected chi connectivity index (χ3v) is 4.53. The maximum absolute atomic E-state index is 12.6. The van der Waals surface area contributed by atoms with E-state index in [-0.39, 0.29) is 10.5 Å². The van der Waals surface area contributed by atoms with Gasteiger partial charge < -0.3 is 9.84 Å². The topological polar surface area (TPSA) is 73.0 Å². The summed E-state index contributed by atoms with van der Waals surface area (Å²) in [7, 11) is 0. The van der Waals surface area contributed by atoms with Crippen LogP contribution in [-0.2, 0) is 6.54 Å². The van der Waals surface area contributed by atoms with Crippen LogP contribution >= 0.6 is 11.8 Å². The van der Waals surface area contributed by atoms with Gasteiger partial charge in [0.1, 0.15) is 5.76 Å². The molecule has 0 saturated carbocycles. The van der Waals surface area contributed by atoms with Crippen molar-refractivity contribution in [1.29, 1.82) is 0 Å². The Bertz CT molecular complexity index is 904. The zero-order valence-electron chi connectivity index (χ0n) is 14.1. The minimum Gasteiger partial charge on any atom is -0.361 e. The van der Waals surface area contributed by atoms with Gasteiger partial charge in [0.2, 0.25) is 0 Å². The van der Waals surface area contributed by atoms with Crippen LogP contribution in [0.15, 0.2) is 46.1 Å². The highest BCUT2D eigenvalue weighted by atomic mass is 32.2. The lowest BCUT2D eigenvalue weighted by atomic mass is 10.2. The summed E-state index contributed by atoms with van der Waals surface area (Å²) >= 11 is 0.343. The molecule has 26 heavy (non-hydrogen) atoms. The van der Waals surface area contributed by atoms with E-state index in [2.05, 4.69) is 15.6 Å². The first kappa shape index (κ1) is 18.1. The van der Waals surface area contributed by atoms with Crippen LogP contribution in [0.2, 0.25) is 0 Å². The van der Waals surface area contributed by atoms with Crippen LogP contribution in [0.5, 0.6) is 0 Å². The van der Waals surface area contributed by atoms with Crippen molar-refractivity contribution in [3.63, 3.8) is 0 Å². The van der Waals surface area contributed by atoms with Crippen molar-refractivity contribution in [3.8, 4) is 0 Å². The van der Waals surface area contributed by atoms with Crippen LogP contribution in [0, 0.1) is 13.8 Å². The second-order valence-electron chi connectivity index (χ2n) is 5.56. The number of nitrogens with zero attached hydrogens (tertiary/aromatic N) is 3. The Morgan fingerprint density at radius 1 is 1.35 bits per heavy atom. The number of rotatable bonds is 6. The van der Waals surface area contributed by atoms with E-state index < -0.39 is 11.7 Å². The molecule has 0 aliphatic heterocycles. The first-order valence-corrected chi connectivity index (χ1v) is 8.61. The van der Waals surface area contributed by atoms with Crippen LogP contribution < -0.4 is 5.32 Å². The van der Waals surface area contributed by atoms with Gasteiger partial charge in [-0.1, -0.05) is 29.1 Å². The van der Waals surface area contributed by atoms with E-state index in [1.165, 1.54) is 18.3 Å². The molecule has 0 atom stereocenters. The Hall–Kier alpha value is -2.68. The van der Waals surface area contributed by atoms with Gasteiger partial charge in [0.05, 0.1) is 29.7 Å². The van der Waals surface area contributed by atoms with Crippen LogP contribution in [-0.4, -0.2) is 26.6 Å². The molecule has 1 aromatic carbocycles. The molecule has 6 nitrogen and oxygen atoms in total. The van der Waals surface area contributed by atoms with Gasteiger partial charge in [0.15, 0.2) is 0 Å². The number of benzene rings is 1. The van der Waals surface area contributed by atoms with Gasteiger partial charge in [-0.15, -0.1) is 0 Å². The number of amides is 1. The fourth-order valence-electron chi connectivity index (χ4n) is 2.46. The third-order valence-electron chi connectivity index (χ3n) is 3.74. The first-order chi connectivity index (χ1) is 12.4. The highest BCUT2D eigenvalue weighted by molar-refractivity contribution is 7.99. The van der Waals surface area contributed by atoms with E-state index in [0.717, 1.165) is 11.3 Å². The first-order valence-electron chi connectivity index (χ1n) is 7.73. The van der Waals surface area contributed by atoms with Crippen molar-refractivity contribution in [3.05, 3.63) is 59.2 Å². The Morgan fingerprint density at radius 3 is 2.81 bits per heavy atom. The van der Waals surface area contributed by atoms with Crippen molar-refractivity contribution in [2.75, 3.05) is 5.32 Å². The second-order valence-corrected chi connectivity index (χ2v) is 6.59. The van der Waals surface area contributed by atoms with Gasteiger partial charge in [-0.3, -0.25) is 9.48 Å². The van der Waals surface area contributed by atoms with Crippen molar-refractivity contribution in [2.24, 2.45) is 0 Å². The maximum Gasteiger partial charge on any atom is 0.288 e. The third kappa shape index (κ3) is 4.10. The molecule has 0 aliphatic rings. The summed E-state index contributed by atoms with van der Waals surface area (Å²) in [6.07, 6.45) is 3.16. The summed E-state index contributed by atoms with van der Waals surface area (Å²) in [4.78, 5) is 12.6. The zero-order valence-corrected chi connectivity index (χ0v) is 14.9. The lowest BCUT2D eigenvalue weighted by Crippen LogP contribution is -2.12. The van der Waals surface area contributed by atoms with E-state index in [0.29, 0.717) is 29.8 Å². The van der Waals surface area contributed by atoms with Crippen LogP contribution in [0.3, 0.4) is 0 Å². The Morgan fingerprint density at radius 2 is 2.12 bits per heavy atom. The lowest BCUT2D eigenvalue weighted by molar-refractivity contribution is 0.102. The van der Waals surface area contributed by atoms with Gasteiger partial charge in [-0.05, 0) is 26.0 Å². The molecule has 0 aliphatic carbocycles. The molecule has 3 rings (SSSR count). The molecular formula is C17H16F2N4O2S. The fraction of sp³-hybridized carbons (Fsp3) is 0.235. The number of hydrogen-bond acceptors (Lipinski definition) is 5. The van der Waals surface area contributed by atoms with E-state index in [4.69, 9.17) is 4.52 Å². The molecular weight excluding hydrogens is 362 g/mol. The minimum absolute atomic E-state index is 0.191. The lowest BCUT2D eigenvalue weighted by Gasteiger charge is -2.08. The molecule has 2 heterocycles. The summed E-state index contributed by atoms with van der Waals surface area (Å²) < 4.78 is 32.0. The number of thioether (sulfide) groups is 1. The molecule has 136 valence electrons. The molecule has 0 radical (unpaired) electrons. The van der Waals surface area contributed by atoms with Crippen LogP contribution in [0.4, 0.5) is 14.5 Å². The highest BCUT2D eigenvalue weighted by Gasteiger charge is 2.16. The predicted molar refractivity (Wildman–Crippen MR) is 93.6 cm³/mol. The fourth-order valence-corrected chi connectivity index (χ4v) is 3.09. The van der Waals surface area contributed by atoms with Gasteiger partial charge in [-0.2, -0.15) is 13.9 Å². The molecule has 9 heteroatoms. The van der Waals surface area contributed by atoms with Crippen LogP contribution in [0.1, 0.15) is 27.4 Å². The number of hydrogen-bond donors (Lipinski definition) is 1. The van der Waals surface area contributed by atoms with Crippen molar-refractivity contribution in [1.82, 2.24) is 14.9 Å². The summed E-state index contributed by atoms with van der Waals surface area (Å²) in [5, 5.41) is 10.8. The number of carbonyl (C=O) groups is 1. The van der Waals surface area contributed by atoms with E-state index in [1.54, 1.807) is 23.0 Å². The summed E-state index contributed by atoms with van der Waals surface area (Å²) in [6, 6.07) is 6.25. The average molecular weight is 378 g/mol. The highest BCUT2D eigenvalue weighted by Crippen LogP contribution is 2.28. The molecule has 0 spiro atoms. The molecule has 1 N–H and O–H groups in total. The number of anilines is 1. The molecule has 2 aromatic heterocycles. The molecule has 0 fully saturated rings. The molecule has 0 saturated heterocycles. The Labute approximate surface area is 152 Å². The number of aryl methyl sites for hydroxylation is 2. The summed E-state index contributed by atoms with van der Waals surface area (Å²) in [6.45, 7) is 4.11. The van der Waals surface area contributed by atoms with Crippen LogP contribution in [0.25, 0.3) is 0 Å². The van der Waals surface area contributed by atoms with Gasteiger partial charge in [0.25, 0.3) is 11.7 Å². The summed E-state index contributed by atoms with van der Waals surface area (Å²) in [5.41, 5.74) is 2.36. The number of halogens is 2. The standard InChI is InChI=1S/C17H16F2N4O2S/c1-10-14(11(2)25-22-10)9-23-8-12(7-20-23)21-16(24)13-5-3-4-6-15(13)26-17(18)19/h3-8,17H,9H2,1-2H3,(H,21,24). The van der Waals surface area contributed by atoms with Gasteiger partial charge in [0, 0.05) is 16.7 Å². The van der Waals surface area contributed by atoms with Gasteiger partial charge >= 0.3 is 0 Å².